The quantitative estimate of drug-likeness (QED) is 0.748. The molecule has 106 valence electrons. The summed E-state index contributed by atoms with van der Waals surface area (Å²) < 4.78 is 6.14. The van der Waals surface area contributed by atoms with Crippen LogP contribution in [0.5, 0.6) is 5.75 Å². The highest BCUT2D eigenvalue weighted by atomic mass is 79.9. The van der Waals surface area contributed by atoms with E-state index in [1.165, 1.54) is 0 Å². The highest BCUT2D eigenvalue weighted by Crippen LogP contribution is 2.29. The van der Waals surface area contributed by atoms with Crippen molar-refractivity contribution in [3.63, 3.8) is 0 Å². The van der Waals surface area contributed by atoms with E-state index in [1.807, 2.05) is 36.4 Å². The van der Waals surface area contributed by atoms with Crippen LogP contribution >= 0.6 is 15.9 Å². The second kappa shape index (κ2) is 5.61. The van der Waals surface area contributed by atoms with Crippen LogP contribution in [0.2, 0.25) is 0 Å². The Balaban J connectivity index is 1.95. The number of hydrogen-bond acceptors (Lipinski definition) is 2. The van der Waals surface area contributed by atoms with Crippen LogP contribution in [0.15, 0.2) is 53.1 Å². The number of carbonyl (C=O) groups excluding carboxylic acids is 1. The lowest BCUT2D eigenvalue weighted by atomic mass is 10.1. The minimum absolute atomic E-state index is 0.177. The maximum atomic E-state index is 12.5. The number of benzene rings is 2. The zero-order valence-corrected chi connectivity index (χ0v) is 12.9. The molecule has 3 rings (SSSR count). The highest BCUT2D eigenvalue weighted by Gasteiger charge is 2.14. The van der Waals surface area contributed by atoms with Crippen LogP contribution in [-0.4, -0.2) is 18.0 Å². The molecule has 0 atom stereocenters. The standard InChI is InChI=1S/C16H13BrN2O2/c1-21-15-7-6-10(17)8-14(15)19-16(20)12-9-18-13-5-3-2-4-11(12)13/h2-9,18H,1H3,(H,19,20). The Hall–Kier alpha value is -2.27. The number of ether oxygens (including phenoxy) is 1. The molecule has 3 aromatic rings. The number of para-hydroxylation sites is 1. The molecule has 0 spiro atoms. The Kier molecular flexibility index (Phi) is 3.66. The van der Waals surface area contributed by atoms with E-state index in [9.17, 15) is 4.79 Å². The average Bonchev–Trinajstić information content (AvgIpc) is 2.91. The second-order valence-corrected chi connectivity index (χ2v) is 5.46. The lowest BCUT2D eigenvalue weighted by Crippen LogP contribution is -2.12. The second-order valence-electron chi connectivity index (χ2n) is 4.55. The Morgan fingerprint density at radius 1 is 1.24 bits per heavy atom. The van der Waals surface area contributed by atoms with Gasteiger partial charge in [-0.2, -0.15) is 0 Å². The molecule has 0 fully saturated rings. The van der Waals surface area contributed by atoms with Gasteiger partial charge in [0.05, 0.1) is 18.4 Å². The topological polar surface area (TPSA) is 54.1 Å². The van der Waals surface area contributed by atoms with Gasteiger partial charge in [0, 0.05) is 21.6 Å². The lowest BCUT2D eigenvalue weighted by Gasteiger charge is -2.10. The molecule has 0 aliphatic heterocycles. The maximum absolute atomic E-state index is 12.5. The van der Waals surface area contributed by atoms with Crippen LogP contribution < -0.4 is 10.1 Å². The number of halogens is 1. The molecular formula is C16H13BrN2O2. The molecule has 5 heteroatoms. The summed E-state index contributed by atoms with van der Waals surface area (Å²) in [5.41, 5.74) is 2.17. The van der Waals surface area contributed by atoms with Crippen LogP contribution in [0, 0.1) is 0 Å². The van der Waals surface area contributed by atoms with Crippen LogP contribution in [-0.2, 0) is 0 Å². The van der Waals surface area contributed by atoms with Crippen LogP contribution in [0.4, 0.5) is 5.69 Å². The van der Waals surface area contributed by atoms with Gasteiger partial charge >= 0.3 is 0 Å². The van der Waals surface area contributed by atoms with Crippen molar-refractivity contribution in [1.82, 2.24) is 4.98 Å². The molecule has 0 aliphatic rings. The number of amides is 1. The summed E-state index contributed by atoms with van der Waals surface area (Å²) in [5.74, 6) is 0.440. The molecule has 0 saturated carbocycles. The number of H-pyrrole nitrogens is 1. The molecule has 0 bridgehead atoms. The number of fused-ring (bicyclic) bond motifs is 1. The van der Waals surface area contributed by atoms with Crippen molar-refractivity contribution < 1.29 is 9.53 Å². The Labute approximate surface area is 130 Å². The van der Waals surface area contributed by atoms with Crippen molar-refractivity contribution in [1.29, 1.82) is 0 Å². The summed E-state index contributed by atoms with van der Waals surface area (Å²) in [5, 5.41) is 3.78. The van der Waals surface area contributed by atoms with Crippen LogP contribution in [0.3, 0.4) is 0 Å². The van der Waals surface area contributed by atoms with E-state index < -0.39 is 0 Å². The van der Waals surface area contributed by atoms with Gasteiger partial charge in [0.15, 0.2) is 0 Å². The predicted octanol–water partition coefficient (Wildman–Crippen LogP) is 4.19. The lowest BCUT2D eigenvalue weighted by molar-refractivity contribution is 0.102. The van der Waals surface area contributed by atoms with Crippen molar-refractivity contribution in [2.75, 3.05) is 12.4 Å². The summed E-state index contributed by atoms with van der Waals surface area (Å²) in [6.07, 6.45) is 1.71. The molecule has 2 aromatic carbocycles. The van der Waals surface area contributed by atoms with Crippen molar-refractivity contribution >= 4 is 38.4 Å². The summed E-state index contributed by atoms with van der Waals surface area (Å²) in [4.78, 5) is 15.6. The smallest absolute Gasteiger partial charge is 0.257 e. The fourth-order valence-electron chi connectivity index (χ4n) is 2.23. The molecule has 1 heterocycles. The maximum Gasteiger partial charge on any atom is 0.257 e. The van der Waals surface area contributed by atoms with Crippen molar-refractivity contribution in [3.05, 3.63) is 58.7 Å². The summed E-state index contributed by atoms with van der Waals surface area (Å²) >= 11 is 3.39. The summed E-state index contributed by atoms with van der Waals surface area (Å²) in [6, 6.07) is 13.2. The fourth-order valence-corrected chi connectivity index (χ4v) is 2.59. The number of aromatic amines is 1. The monoisotopic (exact) mass is 344 g/mol. The number of methoxy groups -OCH3 is 1. The van der Waals surface area contributed by atoms with E-state index in [1.54, 1.807) is 19.4 Å². The van der Waals surface area contributed by atoms with Gasteiger partial charge in [0.1, 0.15) is 5.75 Å². The van der Waals surface area contributed by atoms with E-state index in [4.69, 9.17) is 4.74 Å². The molecule has 1 amide bonds. The average molecular weight is 345 g/mol. The van der Waals surface area contributed by atoms with E-state index in [2.05, 4.69) is 26.2 Å². The van der Waals surface area contributed by atoms with Crippen molar-refractivity contribution in [3.8, 4) is 5.75 Å². The van der Waals surface area contributed by atoms with Gasteiger partial charge in [-0.05, 0) is 24.3 Å². The van der Waals surface area contributed by atoms with Crippen LogP contribution in [0.1, 0.15) is 10.4 Å². The van der Waals surface area contributed by atoms with E-state index in [-0.39, 0.29) is 5.91 Å². The zero-order chi connectivity index (χ0) is 14.8. The number of carbonyl (C=O) groups is 1. The Morgan fingerprint density at radius 3 is 2.86 bits per heavy atom. The van der Waals surface area contributed by atoms with Crippen LogP contribution in [0.25, 0.3) is 10.9 Å². The predicted molar refractivity (Wildman–Crippen MR) is 86.9 cm³/mol. The number of aromatic nitrogens is 1. The fraction of sp³-hybridized carbons (Fsp3) is 0.0625. The normalized spacial score (nSPS) is 10.6. The third-order valence-corrected chi connectivity index (χ3v) is 3.74. The van der Waals surface area contributed by atoms with E-state index in [0.717, 1.165) is 15.4 Å². The van der Waals surface area contributed by atoms with Gasteiger partial charge < -0.3 is 15.0 Å². The first-order valence-electron chi connectivity index (χ1n) is 6.40. The van der Waals surface area contributed by atoms with Crippen molar-refractivity contribution in [2.24, 2.45) is 0 Å². The largest absolute Gasteiger partial charge is 0.495 e. The van der Waals surface area contributed by atoms with Gasteiger partial charge in [0.2, 0.25) is 0 Å². The molecule has 0 saturated heterocycles. The minimum Gasteiger partial charge on any atom is -0.495 e. The third kappa shape index (κ3) is 2.64. The Bertz CT molecular complexity index is 811. The first kappa shape index (κ1) is 13.7. The van der Waals surface area contributed by atoms with Gasteiger partial charge in [-0.15, -0.1) is 0 Å². The molecule has 21 heavy (non-hydrogen) atoms. The number of rotatable bonds is 3. The zero-order valence-electron chi connectivity index (χ0n) is 11.3. The number of anilines is 1. The van der Waals surface area contributed by atoms with Gasteiger partial charge in [0.25, 0.3) is 5.91 Å². The number of nitrogens with one attached hydrogen (secondary N) is 2. The van der Waals surface area contributed by atoms with Gasteiger partial charge in [-0.3, -0.25) is 4.79 Å². The molecule has 0 radical (unpaired) electrons. The summed E-state index contributed by atoms with van der Waals surface area (Å²) in [7, 11) is 1.57. The Morgan fingerprint density at radius 2 is 2.05 bits per heavy atom. The van der Waals surface area contributed by atoms with E-state index in [0.29, 0.717) is 17.0 Å². The molecule has 0 unspecified atom stereocenters. The van der Waals surface area contributed by atoms with E-state index >= 15 is 0 Å². The molecule has 2 N–H and O–H groups in total. The molecular weight excluding hydrogens is 332 g/mol. The number of hydrogen-bond donors (Lipinski definition) is 2. The van der Waals surface area contributed by atoms with Gasteiger partial charge in [-0.1, -0.05) is 34.1 Å². The molecule has 4 nitrogen and oxygen atoms in total. The minimum atomic E-state index is -0.177. The molecule has 1 aromatic heterocycles. The SMILES string of the molecule is COc1ccc(Br)cc1NC(=O)c1c[nH]c2ccccc12. The molecule has 0 aliphatic carbocycles. The van der Waals surface area contributed by atoms with Crippen molar-refractivity contribution in [2.45, 2.75) is 0 Å². The third-order valence-electron chi connectivity index (χ3n) is 3.24. The first-order valence-corrected chi connectivity index (χ1v) is 7.19. The highest BCUT2D eigenvalue weighted by molar-refractivity contribution is 9.10. The van der Waals surface area contributed by atoms with Gasteiger partial charge in [-0.25, -0.2) is 0 Å². The summed E-state index contributed by atoms with van der Waals surface area (Å²) in [6.45, 7) is 0. The first-order chi connectivity index (χ1) is 10.2.